The molecule has 2 aliphatic rings. The van der Waals surface area contributed by atoms with Crippen molar-refractivity contribution in [1.29, 1.82) is 0 Å². The van der Waals surface area contributed by atoms with Crippen molar-refractivity contribution >= 4 is 21.7 Å². The summed E-state index contributed by atoms with van der Waals surface area (Å²) in [6.07, 6.45) is 9.32. The minimum absolute atomic E-state index is 0.0413. The largest absolute Gasteiger partial charge is 0.341 e. The Kier molecular flexibility index (Phi) is 6.97. The first-order chi connectivity index (χ1) is 15.8. The molecule has 9 heteroatoms. The van der Waals surface area contributed by atoms with E-state index in [-0.39, 0.29) is 22.8 Å². The molecule has 2 saturated heterocycles. The van der Waals surface area contributed by atoms with Gasteiger partial charge in [0.2, 0.25) is 11.9 Å². The van der Waals surface area contributed by atoms with Gasteiger partial charge in [0.1, 0.15) is 5.82 Å². The highest BCUT2D eigenvalue weighted by Crippen LogP contribution is 2.29. The van der Waals surface area contributed by atoms with Gasteiger partial charge in [0.25, 0.3) is 0 Å². The molecular weight excluding hydrogens is 443 g/mol. The number of anilines is 1. The summed E-state index contributed by atoms with van der Waals surface area (Å²) in [7, 11) is -3.47. The number of hydrogen-bond donors (Lipinski definition) is 0. The molecule has 2 aromatic rings. The van der Waals surface area contributed by atoms with Crippen LogP contribution in [-0.2, 0) is 27.5 Å². The average molecular weight is 475 g/mol. The van der Waals surface area contributed by atoms with Gasteiger partial charge in [-0.1, -0.05) is 13.0 Å². The van der Waals surface area contributed by atoms with Gasteiger partial charge in [-0.25, -0.2) is 22.8 Å². The highest BCUT2D eigenvalue weighted by molar-refractivity contribution is 7.90. The standard InChI is InChI=1S/C24H31FN4O3S/c1-3-17-15-26-24(27-16-17)28-11-8-20(9-12-28)29-10-4-5-19(23(29)30)13-18-6-7-21(14-22(18)25)33(2,31)32/h6-7,14-16,19-20H,3-5,8-13H2,1-2H3/t19-/m1/s1. The molecular formula is C24H31FN4O3S. The zero-order valence-corrected chi connectivity index (χ0v) is 20.0. The summed E-state index contributed by atoms with van der Waals surface area (Å²) in [6.45, 7) is 4.40. The van der Waals surface area contributed by atoms with E-state index in [4.69, 9.17) is 0 Å². The summed E-state index contributed by atoms with van der Waals surface area (Å²) in [4.78, 5) is 26.3. The van der Waals surface area contributed by atoms with E-state index >= 15 is 0 Å². The maximum atomic E-state index is 14.6. The van der Waals surface area contributed by atoms with E-state index in [1.165, 1.54) is 12.1 Å². The summed E-state index contributed by atoms with van der Waals surface area (Å²) in [5.74, 6) is -0.0260. The molecule has 4 rings (SSSR count). The van der Waals surface area contributed by atoms with Crippen molar-refractivity contribution in [1.82, 2.24) is 14.9 Å². The minimum Gasteiger partial charge on any atom is -0.341 e. The predicted octanol–water partition coefficient (Wildman–Crippen LogP) is 3.03. The maximum absolute atomic E-state index is 14.6. The zero-order chi connectivity index (χ0) is 23.6. The molecule has 2 fully saturated rings. The second-order valence-electron chi connectivity index (χ2n) is 9.06. The molecule has 1 aromatic carbocycles. The Morgan fingerprint density at radius 1 is 1.09 bits per heavy atom. The smallest absolute Gasteiger partial charge is 0.226 e. The van der Waals surface area contributed by atoms with E-state index in [0.29, 0.717) is 12.0 Å². The molecule has 1 aromatic heterocycles. The fourth-order valence-electron chi connectivity index (χ4n) is 4.79. The summed E-state index contributed by atoms with van der Waals surface area (Å²) < 4.78 is 37.9. The molecule has 33 heavy (non-hydrogen) atoms. The van der Waals surface area contributed by atoms with Crippen LogP contribution in [0, 0.1) is 11.7 Å². The number of benzene rings is 1. The lowest BCUT2D eigenvalue weighted by Crippen LogP contribution is -2.52. The van der Waals surface area contributed by atoms with Crippen molar-refractivity contribution in [2.75, 3.05) is 30.8 Å². The first-order valence-corrected chi connectivity index (χ1v) is 13.5. The first-order valence-electron chi connectivity index (χ1n) is 11.6. The van der Waals surface area contributed by atoms with Crippen LogP contribution in [0.1, 0.15) is 43.7 Å². The number of carbonyl (C=O) groups excluding carboxylic acids is 1. The van der Waals surface area contributed by atoms with Gasteiger partial charge in [0, 0.05) is 50.2 Å². The van der Waals surface area contributed by atoms with E-state index in [1.54, 1.807) is 0 Å². The van der Waals surface area contributed by atoms with Crippen molar-refractivity contribution in [3.63, 3.8) is 0 Å². The normalized spacial score (nSPS) is 20.3. The molecule has 0 spiro atoms. The molecule has 0 unspecified atom stereocenters. The van der Waals surface area contributed by atoms with Crippen LogP contribution in [-0.4, -0.2) is 61.1 Å². The summed E-state index contributed by atoms with van der Waals surface area (Å²) in [5.41, 5.74) is 1.51. The van der Waals surface area contributed by atoms with Crippen LogP contribution in [0.2, 0.25) is 0 Å². The molecule has 0 radical (unpaired) electrons. The summed E-state index contributed by atoms with van der Waals surface area (Å²) in [5, 5.41) is 0. The fraction of sp³-hybridized carbons (Fsp3) is 0.542. The third-order valence-electron chi connectivity index (χ3n) is 6.79. The number of amides is 1. The Morgan fingerprint density at radius 3 is 2.39 bits per heavy atom. The molecule has 178 valence electrons. The van der Waals surface area contributed by atoms with Crippen LogP contribution in [0.25, 0.3) is 0 Å². The number of halogens is 1. The SMILES string of the molecule is CCc1cnc(N2CCC(N3CCC[C@H](Cc4ccc(S(C)(=O)=O)cc4F)C3=O)CC2)nc1. The highest BCUT2D eigenvalue weighted by Gasteiger charge is 2.35. The molecule has 1 atom stereocenters. The second kappa shape index (κ2) is 9.75. The van der Waals surface area contributed by atoms with Gasteiger partial charge >= 0.3 is 0 Å². The second-order valence-corrected chi connectivity index (χ2v) is 11.1. The van der Waals surface area contributed by atoms with Gasteiger partial charge < -0.3 is 9.80 Å². The fourth-order valence-corrected chi connectivity index (χ4v) is 5.42. The van der Waals surface area contributed by atoms with Crippen molar-refractivity contribution in [3.8, 4) is 0 Å². The van der Waals surface area contributed by atoms with Crippen LogP contribution < -0.4 is 4.90 Å². The number of nitrogens with zero attached hydrogens (tertiary/aromatic N) is 4. The topological polar surface area (TPSA) is 83.5 Å². The van der Waals surface area contributed by atoms with E-state index in [2.05, 4.69) is 21.8 Å². The molecule has 0 bridgehead atoms. The van der Waals surface area contributed by atoms with Crippen LogP contribution in [0.4, 0.5) is 10.3 Å². The van der Waals surface area contributed by atoms with Crippen molar-refractivity contribution < 1.29 is 17.6 Å². The Hall–Kier alpha value is -2.55. The molecule has 3 heterocycles. The molecule has 0 saturated carbocycles. The molecule has 2 aliphatic heterocycles. The number of rotatable bonds is 6. The Morgan fingerprint density at radius 2 is 1.79 bits per heavy atom. The number of aromatic nitrogens is 2. The monoisotopic (exact) mass is 474 g/mol. The minimum atomic E-state index is -3.47. The lowest BCUT2D eigenvalue weighted by atomic mass is 9.88. The van der Waals surface area contributed by atoms with Gasteiger partial charge in [-0.3, -0.25) is 4.79 Å². The Labute approximate surface area is 194 Å². The van der Waals surface area contributed by atoms with Crippen LogP contribution in [0.15, 0.2) is 35.5 Å². The third kappa shape index (κ3) is 5.34. The number of sulfone groups is 1. The van der Waals surface area contributed by atoms with Crippen LogP contribution in [0.5, 0.6) is 0 Å². The number of carbonyl (C=O) groups is 1. The highest BCUT2D eigenvalue weighted by atomic mass is 32.2. The van der Waals surface area contributed by atoms with Gasteiger partial charge in [-0.15, -0.1) is 0 Å². The van der Waals surface area contributed by atoms with Crippen LogP contribution >= 0.6 is 0 Å². The molecule has 1 amide bonds. The van der Waals surface area contributed by atoms with Gasteiger partial charge in [0.15, 0.2) is 9.84 Å². The van der Waals surface area contributed by atoms with Gasteiger partial charge in [0.05, 0.1) is 4.90 Å². The predicted molar refractivity (Wildman–Crippen MR) is 124 cm³/mol. The van der Waals surface area contributed by atoms with E-state index in [9.17, 15) is 17.6 Å². The number of piperidine rings is 2. The summed E-state index contributed by atoms with van der Waals surface area (Å²) >= 11 is 0. The maximum Gasteiger partial charge on any atom is 0.226 e. The van der Waals surface area contributed by atoms with E-state index < -0.39 is 15.7 Å². The third-order valence-corrected chi connectivity index (χ3v) is 7.90. The summed E-state index contributed by atoms with van der Waals surface area (Å²) in [6, 6.07) is 4.15. The van der Waals surface area contributed by atoms with E-state index in [0.717, 1.165) is 75.6 Å². The quantitative estimate of drug-likeness (QED) is 0.640. The number of hydrogen-bond acceptors (Lipinski definition) is 6. The van der Waals surface area contributed by atoms with Gasteiger partial charge in [-0.2, -0.15) is 0 Å². The van der Waals surface area contributed by atoms with Gasteiger partial charge in [-0.05, 0) is 61.8 Å². The van der Waals surface area contributed by atoms with E-state index in [1.807, 2.05) is 17.3 Å². The molecule has 7 nitrogen and oxygen atoms in total. The lowest BCUT2D eigenvalue weighted by Gasteiger charge is -2.42. The molecule has 0 N–H and O–H groups in total. The first kappa shape index (κ1) is 23.6. The lowest BCUT2D eigenvalue weighted by molar-refractivity contribution is -0.141. The average Bonchev–Trinajstić information content (AvgIpc) is 2.81. The number of likely N-dealkylation sites (tertiary alicyclic amines) is 1. The van der Waals surface area contributed by atoms with Crippen molar-refractivity contribution in [2.45, 2.75) is 56.4 Å². The van der Waals surface area contributed by atoms with Crippen molar-refractivity contribution in [3.05, 3.63) is 47.5 Å². The Balaban J connectivity index is 1.38. The molecule has 0 aliphatic carbocycles. The Bertz CT molecular complexity index is 1100. The number of aryl methyl sites for hydroxylation is 1. The van der Waals surface area contributed by atoms with Crippen molar-refractivity contribution in [2.24, 2.45) is 5.92 Å². The van der Waals surface area contributed by atoms with Crippen LogP contribution in [0.3, 0.4) is 0 Å². The zero-order valence-electron chi connectivity index (χ0n) is 19.2.